The maximum atomic E-state index is 13.2. The van der Waals surface area contributed by atoms with Crippen molar-refractivity contribution in [1.29, 1.82) is 0 Å². The number of benzene rings is 2. The second-order valence-electron chi connectivity index (χ2n) is 9.29. The zero-order chi connectivity index (χ0) is 27.5. The van der Waals surface area contributed by atoms with Gasteiger partial charge in [-0.3, -0.25) is 14.3 Å². The maximum absolute atomic E-state index is 13.2. The summed E-state index contributed by atoms with van der Waals surface area (Å²) in [6.45, 7) is 3.99. The highest BCUT2D eigenvalue weighted by Gasteiger charge is 2.25. The number of amides is 1. The molecule has 0 saturated carbocycles. The van der Waals surface area contributed by atoms with E-state index in [1.54, 1.807) is 26.5 Å². The van der Waals surface area contributed by atoms with E-state index in [4.69, 9.17) is 23.4 Å². The fourth-order valence-electron chi connectivity index (χ4n) is 4.79. The molecule has 1 saturated heterocycles. The minimum absolute atomic E-state index is 0.0550. The molecule has 0 N–H and O–H groups in total. The van der Waals surface area contributed by atoms with Crippen molar-refractivity contribution in [3.05, 3.63) is 60.4 Å². The normalized spacial score (nSPS) is 14.9. The van der Waals surface area contributed by atoms with E-state index in [1.807, 2.05) is 45.9 Å². The number of carbonyl (C=O) groups excluding carboxylic acids is 1. The van der Waals surface area contributed by atoms with Gasteiger partial charge in [-0.25, -0.2) is 0 Å². The molecule has 11 nitrogen and oxygen atoms in total. The summed E-state index contributed by atoms with van der Waals surface area (Å²) in [5, 5.41) is 9.33. The van der Waals surface area contributed by atoms with Gasteiger partial charge in [0.1, 0.15) is 11.5 Å². The summed E-state index contributed by atoms with van der Waals surface area (Å²) < 4.78 is 29.4. The van der Waals surface area contributed by atoms with E-state index < -0.39 is 0 Å². The molecule has 2 aliphatic heterocycles. The van der Waals surface area contributed by atoms with E-state index in [-0.39, 0.29) is 18.5 Å². The minimum atomic E-state index is 0.0550. The Morgan fingerprint density at radius 2 is 1.82 bits per heavy atom. The van der Waals surface area contributed by atoms with Crippen LogP contribution in [0.4, 0.5) is 0 Å². The topological polar surface area (TPSA) is 104 Å². The van der Waals surface area contributed by atoms with Gasteiger partial charge >= 0.3 is 0 Å². The van der Waals surface area contributed by atoms with Crippen LogP contribution in [0.1, 0.15) is 5.56 Å². The van der Waals surface area contributed by atoms with E-state index in [0.29, 0.717) is 47.0 Å². The molecular formula is C28H29N5O6S. The van der Waals surface area contributed by atoms with Gasteiger partial charge in [-0.05, 0) is 42.0 Å². The fraction of sp³-hybridized carbons (Fsp3) is 0.321. The molecule has 40 heavy (non-hydrogen) atoms. The Kier molecular flexibility index (Phi) is 7.51. The number of carbonyl (C=O) groups is 1. The Hall–Kier alpha value is -4.16. The Labute approximate surface area is 235 Å². The van der Waals surface area contributed by atoms with Crippen LogP contribution in [0, 0.1) is 0 Å². The number of rotatable bonds is 9. The van der Waals surface area contributed by atoms with E-state index in [2.05, 4.69) is 21.2 Å². The molecule has 0 spiro atoms. The largest absolute Gasteiger partial charge is 0.497 e. The summed E-state index contributed by atoms with van der Waals surface area (Å²) in [7, 11) is 3.21. The highest BCUT2D eigenvalue weighted by molar-refractivity contribution is 7.99. The van der Waals surface area contributed by atoms with E-state index in [9.17, 15) is 4.79 Å². The van der Waals surface area contributed by atoms with Gasteiger partial charge in [-0.2, -0.15) is 0 Å². The molecule has 4 aromatic rings. The van der Waals surface area contributed by atoms with E-state index in [1.165, 1.54) is 17.3 Å². The van der Waals surface area contributed by atoms with Crippen LogP contribution in [0.3, 0.4) is 0 Å². The molecule has 2 aliphatic rings. The summed E-state index contributed by atoms with van der Waals surface area (Å²) in [5.41, 5.74) is 1.85. The SMILES string of the molecule is COc1ccc(OC)c(-n2c(SCC(=O)N3CCN(Cc4ccc5c(c4)OCO5)CC3)nnc2-c2ccco2)c1. The molecule has 6 rings (SSSR count). The minimum Gasteiger partial charge on any atom is -0.497 e. The number of hydrogen-bond acceptors (Lipinski definition) is 10. The van der Waals surface area contributed by atoms with Gasteiger partial charge in [0.05, 0.1) is 31.9 Å². The van der Waals surface area contributed by atoms with Crippen LogP contribution in [0.5, 0.6) is 23.0 Å². The van der Waals surface area contributed by atoms with Gasteiger partial charge < -0.3 is 28.3 Å². The van der Waals surface area contributed by atoms with Crippen molar-refractivity contribution in [3.8, 4) is 40.3 Å². The van der Waals surface area contributed by atoms with Gasteiger partial charge in [0.2, 0.25) is 18.5 Å². The van der Waals surface area contributed by atoms with Crippen molar-refractivity contribution >= 4 is 17.7 Å². The van der Waals surface area contributed by atoms with Crippen molar-refractivity contribution in [3.63, 3.8) is 0 Å². The van der Waals surface area contributed by atoms with E-state index in [0.717, 1.165) is 31.1 Å². The van der Waals surface area contributed by atoms with Crippen LogP contribution in [-0.4, -0.2) is 83.4 Å². The van der Waals surface area contributed by atoms with Crippen LogP contribution in [-0.2, 0) is 11.3 Å². The molecule has 1 fully saturated rings. The standard InChI is InChI=1S/C28H29N5O6S/c1-35-20-6-8-22(36-2)21(15-20)33-27(24-4-3-13-37-24)29-30-28(33)40-17-26(34)32-11-9-31(10-12-32)16-19-5-7-23-25(14-19)39-18-38-23/h3-8,13-15H,9-12,16-18H2,1-2H3. The molecular weight excluding hydrogens is 534 g/mol. The second kappa shape index (κ2) is 11.5. The van der Waals surface area contributed by atoms with Gasteiger partial charge in [0, 0.05) is 38.8 Å². The lowest BCUT2D eigenvalue weighted by molar-refractivity contribution is -0.130. The molecule has 0 bridgehead atoms. The monoisotopic (exact) mass is 563 g/mol. The third-order valence-electron chi connectivity index (χ3n) is 6.89. The van der Waals surface area contributed by atoms with Crippen molar-refractivity contribution in [2.75, 3.05) is 52.9 Å². The Balaban J connectivity index is 1.13. The third kappa shape index (κ3) is 5.32. The first-order valence-corrected chi connectivity index (χ1v) is 13.8. The first-order valence-electron chi connectivity index (χ1n) is 12.9. The van der Waals surface area contributed by atoms with Crippen molar-refractivity contribution in [1.82, 2.24) is 24.6 Å². The second-order valence-corrected chi connectivity index (χ2v) is 10.2. The molecule has 4 heterocycles. The zero-order valence-corrected chi connectivity index (χ0v) is 23.1. The quantitative estimate of drug-likeness (QED) is 0.280. The number of fused-ring (bicyclic) bond motifs is 1. The number of ether oxygens (including phenoxy) is 4. The molecule has 0 atom stereocenters. The van der Waals surface area contributed by atoms with Crippen molar-refractivity contribution in [2.45, 2.75) is 11.7 Å². The van der Waals surface area contributed by atoms with Crippen LogP contribution in [0.25, 0.3) is 17.3 Å². The molecule has 2 aromatic heterocycles. The molecule has 2 aromatic carbocycles. The first-order chi connectivity index (χ1) is 19.6. The third-order valence-corrected chi connectivity index (χ3v) is 7.81. The number of thioether (sulfide) groups is 1. The van der Waals surface area contributed by atoms with Crippen LogP contribution in [0.15, 0.2) is 64.4 Å². The summed E-state index contributed by atoms with van der Waals surface area (Å²) in [6.07, 6.45) is 1.58. The number of furan rings is 1. The lowest BCUT2D eigenvalue weighted by Crippen LogP contribution is -2.48. The summed E-state index contributed by atoms with van der Waals surface area (Å²) >= 11 is 1.33. The zero-order valence-electron chi connectivity index (χ0n) is 22.2. The fourth-order valence-corrected chi connectivity index (χ4v) is 5.64. The predicted molar refractivity (Wildman–Crippen MR) is 147 cm³/mol. The molecule has 0 aliphatic carbocycles. The highest BCUT2D eigenvalue weighted by Crippen LogP contribution is 2.35. The molecule has 208 valence electrons. The summed E-state index contributed by atoms with van der Waals surface area (Å²) in [6, 6.07) is 15.1. The molecule has 12 heteroatoms. The van der Waals surface area contributed by atoms with Crippen LogP contribution >= 0.6 is 11.8 Å². The Bertz CT molecular complexity index is 1480. The number of piperazine rings is 1. The highest BCUT2D eigenvalue weighted by atomic mass is 32.2. The van der Waals surface area contributed by atoms with Crippen molar-refractivity contribution < 1.29 is 28.2 Å². The number of aromatic nitrogens is 3. The Morgan fingerprint density at radius 3 is 2.60 bits per heavy atom. The Morgan fingerprint density at radius 1 is 0.975 bits per heavy atom. The number of nitrogens with zero attached hydrogens (tertiary/aromatic N) is 5. The van der Waals surface area contributed by atoms with Gasteiger partial charge in [-0.1, -0.05) is 17.8 Å². The summed E-state index contributed by atoms with van der Waals surface area (Å²) in [4.78, 5) is 17.5. The van der Waals surface area contributed by atoms with Crippen molar-refractivity contribution in [2.24, 2.45) is 0 Å². The average molecular weight is 564 g/mol. The smallest absolute Gasteiger partial charge is 0.233 e. The number of hydrogen-bond donors (Lipinski definition) is 0. The summed E-state index contributed by atoms with van der Waals surface area (Å²) in [5.74, 6) is 4.18. The van der Waals surface area contributed by atoms with Gasteiger partial charge in [0.15, 0.2) is 22.4 Å². The van der Waals surface area contributed by atoms with Crippen LogP contribution in [0.2, 0.25) is 0 Å². The molecule has 1 amide bonds. The van der Waals surface area contributed by atoms with Gasteiger partial charge in [-0.15, -0.1) is 10.2 Å². The average Bonchev–Trinajstić information content (AvgIpc) is 3.76. The molecule has 0 unspecified atom stereocenters. The predicted octanol–water partition coefficient (Wildman–Crippen LogP) is 3.71. The lowest BCUT2D eigenvalue weighted by atomic mass is 10.1. The molecule has 0 radical (unpaired) electrons. The van der Waals surface area contributed by atoms with Gasteiger partial charge in [0.25, 0.3) is 0 Å². The lowest BCUT2D eigenvalue weighted by Gasteiger charge is -2.34. The first kappa shape index (κ1) is 26.1. The number of methoxy groups -OCH3 is 2. The maximum Gasteiger partial charge on any atom is 0.233 e. The van der Waals surface area contributed by atoms with E-state index >= 15 is 0 Å². The van der Waals surface area contributed by atoms with Crippen LogP contribution < -0.4 is 18.9 Å².